The SMILES string of the molecule is NC(=O)c1ccc(N2CCOC3(CCc4ccccc43)C2)nn1. The van der Waals surface area contributed by atoms with Crippen LogP contribution in [-0.4, -0.2) is 35.8 Å². The molecule has 1 amide bonds. The average molecular weight is 310 g/mol. The summed E-state index contributed by atoms with van der Waals surface area (Å²) in [7, 11) is 0. The third-order valence-corrected chi connectivity index (χ3v) is 4.72. The van der Waals surface area contributed by atoms with E-state index in [9.17, 15) is 4.79 Å². The number of amides is 1. The van der Waals surface area contributed by atoms with Gasteiger partial charge in [-0.25, -0.2) is 0 Å². The van der Waals surface area contributed by atoms with Crippen molar-refractivity contribution in [2.45, 2.75) is 18.4 Å². The quantitative estimate of drug-likeness (QED) is 0.903. The maximum Gasteiger partial charge on any atom is 0.269 e. The normalized spacial score (nSPS) is 23.0. The maximum absolute atomic E-state index is 11.1. The number of anilines is 1. The molecule has 1 unspecified atom stereocenters. The van der Waals surface area contributed by atoms with Crippen LogP contribution >= 0.6 is 0 Å². The Labute approximate surface area is 134 Å². The zero-order chi connectivity index (χ0) is 15.9. The van der Waals surface area contributed by atoms with E-state index in [1.54, 1.807) is 12.1 Å². The highest BCUT2D eigenvalue weighted by Crippen LogP contribution is 2.42. The van der Waals surface area contributed by atoms with Gasteiger partial charge in [-0.05, 0) is 36.1 Å². The molecule has 2 N–H and O–H groups in total. The molecule has 0 saturated carbocycles. The van der Waals surface area contributed by atoms with Crippen LogP contribution in [-0.2, 0) is 16.8 Å². The van der Waals surface area contributed by atoms with E-state index in [2.05, 4.69) is 39.4 Å². The standard InChI is InChI=1S/C17H18N4O2/c18-16(22)14-5-6-15(20-19-14)21-9-10-23-17(11-21)8-7-12-3-1-2-4-13(12)17/h1-6H,7-11H2,(H2,18,22). The van der Waals surface area contributed by atoms with Gasteiger partial charge in [-0.2, -0.15) is 0 Å². The van der Waals surface area contributed by atoms with Crippen molar-refractivity contribution < 1.29 is 9.53 Å². The van der Waals surface area contributed by atoms with Gasteiger partial charge in [0.25, 0.3) is 5.91 Å². The van der Waals surface area contributed by atoms with Crippen LogP contribution in [0.3, 0.4) is 0 Å². The summed E-state index contributed by atoms with van der Waals surface area (Å²) < 4.78 is 6.20. The number of carbonyl (C=O) groups is 1. The monoisotopic (exact) mass is 310 g/mol. The van der Waals surface area contributed by atoms with Crippen molar-refractivity contribution >= 4 is 11.7 Å². The minimum absolute atomic E-state index is 0.183. The van der Waals surface area contributed by atoms with Crippen molar-refractivity contribution in [2.24, 2.45) is 5.73 Å². The van der Waals surface area contributed by atoms with Crippen molar-refractivity contribution in [3.63, 3.8) is 0 Å². The van der Waals surface area contributed by atoms with E-state index in [1.807, 2.05) is 0 Å². The smallest absolute Gasteiger partial charge is 0.269 e. The van der Waals surface area contributed by atoms with Crippen LogP contribution in [0.4, 0.5) is 5.82 Å². The van der Waals surface area contributed by atoms with E-state index < -0.39 is 5.91 Å². The Hall–Kier alpha value is -2.47. The predicted molar refractivity (Wildman–Crippen MR) is 85.2 cm³/mol. The first-order chi connectivity index (χ1) is 11.2. The molecular weight excluding hydrogens is 292 g/mol. The van der Waals surface area contributed by atoms with Gasteiger partial charge in [0.05, 0.1) is 13.2 Å². The van der Waals surface area contributed by atoms with E-state index in [0.717, 1.165) is 31.7 Å². The zero-order valence-electron chi connectivity index (χ0n) is 12.7. The van der Waals surface area contributed by atoms with Crippen LogP contribution in [0.5, 0.6) is 0 Å². The summed E-state index contributed by atoms with van der Waals surface area (Å²) in [5.74, 6) is 0.189. The number of aromatic nitrogens is 2. The molecular formula is C17H18N4O2. The number of rotatable bonds is 2. The Morgan fingerprint density at radius 1 is 1.22 bits per heavy atom. The topological polar surface area (TPSA) is 81.3 Å². The molecule has 0 radical (unpaired) electrons. The zero-order valence-corrected chi connectivity index (χ0v) is 12.7. The van der Waals surface area contributed by atoms with Gasteiger partial charge in [-0.15, -0.1) is 10.2 Å². The van der Waals surface area contributed by atoms with Gasteiger partial charge in [-0.3, -0.25) is 4.79 Å². The Balaban J connectivity index is 1.62. The molecule has 4 rings (SSSR count). The number of benzene rings is 1. The number of hydrogen-bond donors (Lipinski definition) is 1. The summed E-state index contributed by atoms with van der Waals surface area (Å²) in [6.07, 6.45) is 2.02. The maximum atomic E-state index is 11.1. The summed E-state index contributed by atoms with van der Waals surface area (Å²) in [6.45, 7) is 2.15. The lowest BCUT2D eigenvalue weighted by Crippen LogP contribution is -2.49. The molecule has 6 heteroatoms. The van der Waals surface area contributed by atoms with E-state index in [-0.39, 0.29) is 11.3 Å². The Bertz CT molecular complexity index is 743. The number of aryl methyl sites for hydroxylation is 1. The van der Waals surface area contributed by atoms with Gasteiger partial charge in [0.15, 0.2) is 11.5 Å². The molecule has 23 heavy (non-hydrogen) atoms. The minimum Gasteiger partial charge on any atom is -0.367 e. The lowest BCUT2D eigenvalue weighted by Gasteiger charge is -2.41. The molecule has 1 atom stereocenters. The number of nitrogens with two attached hydrogens (primary N) is 1. The third-order valence-electron chi connectivity index (χ3n) is 4.72. The lowest BCUT2D eigenvalue weighted by molar-refractivity contribution is -0.0594. The van der Waals surface area contributed by atoms with Gasteiger partial charge in [0, 0.05) is 6.54 Å². The first-order valence-corrected chi connectivity index (χ1v) is 7.79. The molecule has 1 aromatic carbocycles. The summed E-state index contributed by atoms with van der Waals surface area (Å²) in [6, 6.07) is 11.9. The molecule has 2 heterocycles. The van der Waals surface area contributed by atoms with Crippen LogP contribution in [0.25, 0.3) is 0 Å². The summed E-state index contributed by atoms with van der Waals surface area (Å²) in [5.41, 5.74) is 7.78. The Morgan fingerprint density at radius 2 is 2.09 bits per heavy atom. The Morgan fingerprint density at radius 3 is 2.87 bits per heavy atom. The van der Waals surface area contributed by atoms with Crippen molar-refractivity contribution in [3.05, 3.63) is 53.2 Å². The van der Waals surface area contributed by atoms with Crippen molar-refractivity contribution in [1.29, 1.82) is 0 Å². The fourth-order valence-electron chi connectivity index (χ4n) is 3.57. The molecule has 1 aliphatic carbocycles. The van der Waals surface area contributed by atoms with Gasteiger partial charge < -0.3 is 15.4 Å². The van der Waals surface area contributed by atoms with Gasteiger partial charge in [-0.1, -0.05) is 24.3 Å². The van der Waals surface area contributed by atoms with Crippen LogP contribution in [0.2, 0.25) is 0 Å². The van der Waals surface area contributed by atoms with Gasteiger partial charge in [0.1, 0.15) is 5.60 Å². The van der Waals surface area contributed by atoms with Crippen molar-refractivity contribution in [2.75, 3.05) is 24.6 Å². The molecule has 1 aliphatic heterocycles. The molecule has 118 valence electrons. The number of hydrogen-bond acceptors (Lipinski definition) is 5. The van der Waals surface area contributed by atoms with E-state index in [4.69, 9.17) is 10.5 Å². The second-order valence-electron chi connectivity index (χ2n) is 6.06. The number of morpholine rings is 1. The van der Waals surface area contributed by atoms with Crippen LogP contribution in [0, 0.1) is 0 Å². The molecule has 6 nitrogen and oxygen atoms in total. The second-order valence-corrected chi connectivity index (χ2v) is 6.06. The Kier molecular flexibility index (Phi) is 3.27. The van der Waals surface area contributed by atoms with Crippen molar-refractivity contribution in [3.8, 4) is 0 Å². The molecule has 1 fully saturated rings. The first-order valence-electron chi connectivity index (χ1n) is 7.79. The highest BCUT2D eigenvalue weighted by molar-refractivity contribution is 5.90. The molecule has 2 aliphatic rings. The van der Waals surface area contributed by atoms with Crippen LogP contribution in [0.1, 0.15) is 28.0 Å². The summed E-state index contributed by atoms with van der Waals surface area (Å²) in [5, 5.41) is 8.06. The number of fused-ring (bicyclic) bond motifs is 2. The highest BCUT2D eigenvalue weighted by atomic mass is 16.5. The molecule has 0 bridgehead atoms. The number of nitrogens with zero attached hydrogens (tertiary/aromatic N) is 3. The van der Waals surface area contributed by atoms with E-state index in [1.165, 1.54) is 11.1 Å². The largest absolute Gasteiger partial charge is 0.367 e. The molecule has 1 aromatic heterocycles. The van der Waals surface area contributed by atoms with Gasteiger partial charge in [0.2, 0.25) is 0 Å². The molecule has 1 spiro atoms. The minimum atomic E-state index is -0.563. The van der Waals surface area contributed by atoms with E-state index >= 15 is 0 Å². The average Bonchev–Trinajstić information content (AvgIpc) is 2.94. The highest BCUT2D eigenvalue weighted by Gasteiger charge is 2.43. The van der Waals surface area contributed by atoms with Crippen LogP contribution < -0.4 is 10.6 Å². The first kappa shape index (κ1) is 14.1. The summed E-state index contributed by atoms with van der Waals surface area (Å²) in [4.78, 5) is 13.3. The second kappa shape index (κ2) is 5.31. The van der Waals surface area contributed by atoms with Crippen LogP contribution in [0.15, 0.2) is 36.4 Å². The third kappa shape index (κ3) is 2.35. The van der Waals surface area contributed by atoms with Gasteiger partial charge >= 0.3 is 0 Å². The summed E-state index contributed by atoms with van der Waals surface area (Å²) >= 11 is 0. The fourth-order valence-corrected chi connectivity index (χ4v) is 3.57. The predicted octanol–water partition coefficient (Wildman–Crippen LogP) is 1.25. The number of carbonyl (C=O) groups excluding carboxylic acids is 1. The molecule has 2 aromatic rings. The fraction of sp³-hybridized carbons (Fsp3) is 0.353. The van der Waals surface area contributed by atoms with E-state index in [0.29, 0.717) is 6.61 Å². The molecule has 1 saturated heterocycles. The number of primary amides is 1. The number of ether oxygens (including phenoxy) is 1. The van der Waals surface area contributed by atoms with Crippen molar-refractivity contribution in [1.82, 2.24) is 10.2 Å². The lowest BCUT2D eigenvalue weighted by atomic mass is 9.93.